The van der Waals surface area contributed by atoms with E-state index in [-0.39, 0.29) is 22.7 Å². The summed E-state index contributed by atoms with van der Waals surface area (Å²) in [5.41, 5.74) is 4.80. The van der Waals surface area contributed by atoms with Crippen LogP contribution in [-0.2, 0) is 0 Å². The van der Waals surface area contributed by atoms with Crippen LogP contribution in [0.15, 0.2) is 66.0 Å². The van der Waals surface area contributed by atoms with E-state index in [2.05, 4.69) is 10.9 Å². The molecule has 0 saturated heterocycles. The number of anilines is 1. The van der Waals surface area contributed by atoms with Gasteiger partial charge in [-0.3, -0.25) is 35.3 Å². The maximum Gasteiger partial charge on any atom is 0.271 e. The van der Waals surface area contributed by atoms with Crippen LogP contribution >= 0.6 is 11.3 Å². The third-order valence-electron chi connectivity index (χ3n) is 4.16. The highest BCUT2D eigenvalue weighted by Crippen LogP contribution is 2.22. The van der Waals surface area contributed by atoms with E-state index in [4.69, 9.17) is 0 Å². The maximum absolute atomic E-state index is 12.6. The average molecular weight is 424 g/mol. The van der Waals surface area contributed by atoms with Gasteiger partial charge >= 0.3 is 0 Å². The minimum atomic E-state index is -0.715. The SMILES string of the molecule is CN(C(=O)c1cccs1)c1ccccc1C(=O)NNC(=O)c1cccc([N+](=O)[O-])c1. The highest BCUT2D eigenvalue weighted by atomic mass is 32.1. The van der Waals surface area contributed by atoms with E-state index in [0.717, 1.165) is 6.07 Å². The van der Waals surface area contributed by atoms with Crippen LogP contribution < -0.4 is 15.8 Å². The molecule has 1 aromatic heterocycles. The first kappa shape index (κ1) is 20.7. The number of nitro groups is 1. The van der Waals surface area contributed by atoms with Gasteiger partial charge in [-0.2, -0.15) is 0 Å². The van der Waals surface area contributed by atoms with Crippen LogP contribution in [0.3, 0.4) is 0 Å². The molecule has 0 aliphatic carbocycles. The lowest BCUT2D eigenvalue weighted by atomic mass is 10.1. The molecule has 0 aliphatic rings. The van der Waals surface area contributed by atoms with Crippen molar-refractivity contribution in [2.24, 2.45) is 0 Å². The van der Waals surface area contributed by atoms with Crippen LogP contribution in [0.4, 0.5) is 11.4 Å². The Morgan fingerprint density at radius 3 is 2.40 bits per heavy atom. The fourth-order valence-electron chi connectivity index (χ4n) is 2.65. The Morgan fingerprint density at radius 1 is 0.967 bits per heavy atom. The lowest BCUT2D eigenvalue weighted by Crippen LogP contribution is -2.42. The molecule has 9 nitrogen and oxygen atoms in total. The summed E-state index contributed by atoms with van der Waals surface area (Å²) in [5, 5.41) is 12.6. The largest absolute Gasteiger partial charge is 0.310 e. The van der Waals surface area contributed by atoms with Crippen LogP contribution in [0.5, 0.6) is 0 Å². The highest BCUT2D eigenvalue weighted by Gasteiger charge is 2.21. The number of hydrogen-bond donors (Lipinski definition) is 2. The molecule has 0 atom stereocenters. The average Bonchev–Trinajstić information content (AvgIpc) is 3.31. The van der Waals surface area contributed by atoms with Crippen molar-refractivity contribution in [1.82, 2.24) is 10.9 Å². The van der Waals surface area contributed by atoms with E-state index in [1.54, 1.807) is 42.8 Å². The van der Waals surface area contributed by atoms with Crippen molar-refractivity contribution in [2.45, 2.75) is 0 Å². The zero-order valence-corrected chi connectivity index (χ0v) is 16.5. The molecule has 10 heteroatoms. The fourth-order valence-corrected chi connectivity index (χ4v) is 3.35. The molecule has 0 saturated carbocycles. The minimum Gasteiger partial charge on any atom is -0.310 e. The highest BCUT2D eigenvalue weighted by molar-refractivity contribution is 7.12. The van der Waals surface area contributed by atoms with Gasteiger partial charge in [-0.1, -0.05) is 24.3 Å². The molecule has 30 heavy (non-hydrogen) atoms. The Hall–Kier alpha value is -4.05. The summed E-state index contributed by atoms with van der Waals surface area (Å²) in [6.07, 6.45) is 0. The molecule has 2 aromatic carbocycles. The summed E-state index contributed by atoms with van der Waals surface area (Å²) in [7, 11) is 1.55. The van der Waals surface area contributed by atoms with Gasteiger partial charge in [0, 0.05) is 24.7 Å². The van der Waals surface area contributed by atoms with E-state index >= 15 is 0 Å². The number of thiophene rings is 1. The number of hydrogen-bond acceptors (Lipinski definition) is 6. The molecule has 152 valence electrons. The summed E-state index contributed by atoms with van der Waals surface area (Å²) in [4.78, 5) is 49.5. The van der Waals surface area contributed by atoms with Gasteiger partial charge in [-0.25, -0.2) is 0 Å². The number of carbonyl (C=O) groups is 3. The second-order valence-corrected chi connectivity index (χ2v) is 7.02. The maximum atomic E-state index is 12.6. The molecule has 0 aliphatic heterocycles. The van der Waals surface area contributed by atoms with Gasteiger partial charge in [0.1, 0.15) is 0 Å². The zero-order valence-electron chi connectivity index (χ0n) is 15.7. The summed E-state index contributed by atoms with van der Waals surface area (Å²) in [6, 6.07) is 15.0. The third kappa shape index (κ3) is 4.50. The van der Waals surface area contributed by atoms with Crippen molar-refractivity contribution in [1.29, 1.82) is 0 Å². The smallest absolute Gasteiger partial charge is 0.271 e. The Morgan fingerprint density at radius 2 is 1.70 bits per heavy atom. The first-order chi connectivity index (χ1) is 14.4. The summed E-state index contributed by atoms with van der Waals surface area (Å²) >= 11 is 1.29. The summed E-state index contributed by atoms with van der Waals surface area (Å²) in [5.74, 6) is -1.63. The molecular formula is C20H16N4O5S. The van der Waals surface area contributed by atoms with E-state index in [0.29, 0.717) is 10.6 Å². The van der Waals surface area contributed by atoms with Gasteiger partial charge in [0.2, 0.25) is 0 Å². The van der Waals surface area contributed by atoms with Gasteiger partial charge in [0.05, 0.1) is 21.1 Å². The van der Waals surface area contributed by atoms with Crippen molar-refractivity contribution in [3.05, 3.63) is 92.2 Å². The van der Waals surface area contributed by atoms with Crippen LogP contribution in [0.2, 0.25) is 0 Å². The van der Waals surface area contributed by atoms with E-state index < -0.39 is 16.7 Å². The Balaban J connectivity index is 1.73. The Labute approximate surface area is 175 Å². The number of carbonyl (C=O) groups excluding carboxylic acids is 3. The van der Waals surface area contributed by atoms with E-state index in [9.17, 15) is 24.5 Å². The summed E-state index contributed by atoms with van der Waals surface area (Å²) in [6.45, 7) is 0. The predicted molar refractivity (Wildman–Crippen MR) is 112 cm³/mol. The van der Waals surface area contributed by atoms with Crippen molar-refractivity contribution in [3.63, 3.8) is 0 Å². The van der Waals surface area contributed by atoms with Gasteiger partial charge in [-0.15, -0.1) is 11.3 Å². The Kier molecular flexibility index (Phi) is 6.18. The molecule has 0 radical (unpaired) electrons. The van der Waals surface area contributed by atoms with Gasteiger partial charge in [0.15, 0.2) is 0 Å². The molecule has 0 spiro atoms. The van der Waals surface area contributed by atoms with Gasteiger partial charge < -0.3 is 4.90 Å². The Bertz CT molecular complexity index is 1110. The molecule has 3 rings (SSSR count). The van der Waals surface area contributed by atoms with Crippen molar-refractivity contribution < 1.29 is 19.3 Å². The second-order valence-electron chi connectivity index (χ2n) is 6.07. The standard InChI is InChI=1S/C20H16N4O5S/c1-23(20(27)17-10-5-11-30-17)16-9-3-2-8-15(16)19(26)22-21-18(25)13-6-4-7-14(12-13)24(28)29/h2-12H,1H3,(H,21,25)(H,22,26). The number of hydrazine groups is 1. The number of amides is 3. The quantitative estimate of drug-likeness (QED) is 0.482. The number of rotatable bonds is 5. The number of non-ortho nitro benzene ring substituents is 1. The number of benzene rings is 2. The second kappa shape index (κ2) is 8.97. The van der Waals surface area contributed by atoms with Crippen LogP contribution in [0.25, 0.3) is 0 Å². The molecule has 2 N–H and O–H groups in total. The van der Waals surface area contributed by atoms with Crippen molar-refractivity contribution >= 4 is 40.4 Å². The number of para-hydroxylation sites is 1. The topological polar surface area (TPSA) is 122 Å². The third-order valence-corrected chi connectivity index (χ3v) is 5.01. The van der Waals surface area contributed by atoms with E-state index in [1.165, 1.54) is 40.5 Å². The predicted octanol–water partition coefficient (Wildman–Crippen LogP) is 3.01. The van der Waals surface area contributed by atoms with Gasteiger partial charge in [0.25, 0.3) is 23.4 Å². The van der Waals surface area contributed by atoms with Crippen LogP contribution in [-0.4, -0.2) is 29.7 Å². The van der Waals surface area contributed by atoms with Crippen molar-refractivity contribution in [3.8, 4) is 0 Å². The molecule has 0 fully saturated rings. The molecule has 3 amide bonds. The minimum absolute atomic E-state index is 0.0165. The normalized spacial score (nSPS) is 10.2. The molecule has 3 aromatic rings. The van der Waals surface area contributed by atoms with Crippen LogP contribution in [0, 0.1) is 10.1 Å². The van der Waals surface area contributed by atoms with E-state index in [1.807, 2.05) is 0 Å². The lowest BCUT2D eigenvalue weighted by molar-refractivity contribution is -0.384. The van der Waals surface area contributed by atoms with Gasteiger partial charge in [-0.05, 0) is 29.6 Å². The lowest BCUT2D eigenvalue weighted by Gasteiger charge is -2.20. The first-order valence-electron chi connectivity index (χ1n) is 8.64. The molecule has 1 heterocycles. The van der Waals surface area contributed by atoms with Crippen LogP contribution in [0.1, 0.15) is 30.4 Å². The number of nitrogens with one attached hydrogen (secondary N) is 2. The molecule has 0 unspecified atom stereocenters. The molecular weight excluding hydrogens is 408 g/mol. The zero-order chi connectivity index (χ0) is 21.7. The first-order valence-corrected chi connectivity index (χ1v) is 9.52. The fraction of sp³-hybridized carbons (Fsp3) is 0.0500. The number of nitro benzene ring substituents is 1. The van der Waals surface area contributed by atoms with Crippen molar-refractivity contribution in [2.75, 3.05) is 11.9 Å². The summed E-state index contributed by atoms with van der Waals surface area (Å²) < 4.78 is 0. The monoisotopic (exact) mass is 424 g/mol. The number of nitrogens with zero attached hydrogens (tertiary/aromatic N) is 2. The molecule has 0 bridgehead atoms.